The van der Waals surface area contributed by atoms with Crippen molar-refractivity contribution in [2.75, 3.05) is 7.11 Å². The summed E-state index contributed by atoms with van der Waals surface area (Å²) in [5, 5.41) is 3.17. The Hall–Kier alpha value is -2.09. The zero-order valence-electron chi connectivity index (χ0n) is 18.6. The summed E-state index contributed by atoms with van der Waals surface area (Å²) in [5.74, 6) is 3.24. The molecule has 0 fully saturated rings. The lowest BCUT2D eigenvalue weighted by Gasteiger charge is -2.44. The molecule has 2 aromatic carbocycles. The van der Waals surface area contributed by atoms with Crippen LogP contribution in [0.15, 0.2) is 53.4 Å². The SMILES string of the molecule is CO/C(C)=C(/C(=C=O)[Si](C(C)C)(C(C)C)C(C)C)c1cccc2ccccc12. The number of benzene rings is 2. The highest BCUT2D eigenvalue weighted by Gasteiger charge is 2.48. The van der Waals surface area contributed by atoms with Crippen LogP contribution in [0, 0.1) is 0 Å². The summed E-state index contributed by atoms with van der Waals surface area (Å²) in [7, 11) is -0.527. The molecule has 0 unspecified atom stereocenters. The molecular weight excluding hydrogens is 360 g/mol. The summed E-state index contributed by atoms with van der Waals surface area (Å²) in [5.41, 5.74) is 3.25. The summed E-state index contributed by atoms with van der Waals surface area (Å²) in [6, 6.07) is 14.6. The lowest BCUT2D eigenvalue weighted by molar-refractivity contribution is 0.296. The topological polar surface area (TPSA) is 26.3 Å². The minimum Gasteiger partial charge on any atom is -0.501 e. The van der Waals surface area contributed by atoms with Crippen molar-refractivity contribution >= 4 is 30.4 Å². The maximum atomic E-state index is 12.6. The maximum Gasteiger partial charge on any atom is 0.124 e. The van der Waals surface area contributed by atoms with Crippen LogP contribution in [0.5, 0.6) is 0 Å². The Balaban J connectivity index is 2.95. The van der Waals surface area contributed by atoms with Gasteiger partial charge in [-0.1, -0.05) is 84.0 Å². The van der Waals surface area contributed by atoms with Crippen molar-refractivity contribution in [1.29, 1.82) is 0 Å². The molecule has 0 saturated heterocycles. The van der Waals surface area contributed by atoms with Crippen molar-refractivity contribution in [2.24, 2.45) is 0 Å². The first-order chi connectivity index (χ1) is 13.2. The van der Waals surface area contributed by atoms with Crippen LogP contribution in [0.4, 0.5) is 0 Å². The van der Waals surface area contributed by atoms with E-state index < -0.39 is 8.07 Å². The van der Waals surface area contributed by atoms with Crippen molar-refractivity contribution in [3.05, 3.63) is 59.0 Å². The Morgan fingerprint density at radius 3 is 1.93 bits per heavy atom. The number of rotatable bonds is 7. The number of hydrogen-bond acceptors (Lipinski definition) is 2. The lowest BCUT2D eigenvalue weighted by Crippen LogP contribution is -2.47. The number of fused-ring (bicyclic) bond motifs is 1. The molecule has 0 saturated carbocycles. The average Bonchev–Trinajstić information content (AvgIpc) is 2.66. The maximum absolute atomic E-state index is 12.6. The van der Waals surface area contributed by atoms with Crippen molar-refractivity contribution in [1.82, 2.24) is 0 Å². The molecule has 0 aromatic heterocycles. The zero-order chi connectivity index (χ0) is 21.1. The number of allylic oxidation sites excluding steroid dienone is 3. The highest BCUT2D eigenvalue weighted by molar-refractivity contribution is 6.93. The second-order valence-corrected chi connectivity index (χ2v) is 14.4. The van der Waals surface area contributed by atoms with E-state index in [0.717, 1.165) is 32.9 Å². The number of ether oxygens (including phenoxy) is 1. The fraction of sp³-hybridized carbons (Fsp3) is 0.440. The van der Waals surface area contributed by atoms with Crippen LogP contribution < -0.4 is 0 Å². The summed E-state index contributed by atoms with van der Waals surface area (Å²) in [4.78, 5) is 12.6. The highest BCUT2D eigenvalue weighted by Crippen LogP contribution is 2.50. The zero-order valence-corrected chi connectivity index (χ0v) is 19.6. The third-order valence-corrected chi connectivity index (χ3v) is 13.3. The monoisotopic (exact) mass is 394 g/mol. The first-order valence-corrected chi connectivity index (χ1v) is 12.5. The largest absolute Gasteiger partial charge is 0.501 e. The molecule has 0 N–H and O–H groups in total. The number of hydrogen-bond donors (Lipinski definition) is 0. The fourth-order valence-corrected chi connectivity index (χ4v) is 11.9. The molecule has 2 rings (SSSR count). The molecule has 0 amide bonds. The lowest BCUT2D eigenvalue weighted by atomic mass is 9.97. The van der Waals surface area contributed by atoms with E-state index in [1.54, 1.807) is 7.11 Å². The molecule has 2 aromatic rings. The molecule has 2 nitrogen and oxygen atoms in total. The van der Waals surface area contributed by atoms with Gasteiger partial charge in [-0.2, -0.15) is 0 Å². The molecule has 0 atom stereocenters. The Morgan fingerprint density at radius 1 is 0.893 bits per heavy atom. The van der Waals surface area contributed by atoms with Crippen molar-refractivity contribution in [3.63, 3.8) is 0 Å². The highest BCUT2D eigenvalue weighted by atomic mass is 28.3. The standard InChI is InChI=1S/C25H34O2Si/c1-17(2)28(18(3)4,19(5)6)24(16-26)25(20(7)27-8)23-15-11-13-21-12-9-10-14-22(21)23/h9-15,17-19H,1-8H3/b25-20+. The number of carbonyl (C=O) groups excluding carboxylic acids is 1. The van der Waals surface area contributed by atoms with Gasteiger partial charge < -0.3 is 4.74 Å². The van der Waals surface area contributed by atoms with Crippen LogP contribution in [-0.4, -0.2) is 21.1 Å². The van der Waals surface area contributed by atoms with Crippen LogP contribution in [0.3, 0.4) is 0 Å². The van der Waals surface area contributed by atoms with E-state index in [2.05, 4.69) is 77.8 Å². The molecule has 0 heterocycles. The van der Waals surface area contributed by atoms with Crippen LogP contribution in [0.25, 0.3) is 16.3 Å². The van der Waals surface area contributed by atoms with Gasteiger partial charge in [0.1, 0.15) is 19.8 Å². The summed E-state index contributed by atoms with van der Waals surface area (Å²) in [6.45, 7) is 15.6. The third-order valence-electron chi connectivity index (χ3n) is 6.37. The molecule has 0 spiro atoms. The molecule has 0 aliphatic carbocycles. The molecule has 0 bridgehead atoms. The molecular formula is C25H34O2Si. The van der Waals surface area contributed by atoms with Gasteiger partial charge >= 0.3 is 0 Å². The van der Waals surface area contributed by atoms with Crippen molar-refractivity contribution < 1.29 is 9.53 Å². The van der Waals surface area contributed by atoms with Gasteiger partial charge in [0.05, 0.1) is 7.11 Å². The smallest absolute Gasteiger partial charge is 0.124 e. The van der Waals surface area contributed by atoms with Gasteiger partial charge in [0.25, 0.3) is 0 Å². The Bertz CT molecular complexity index is 888. The van der Waals surface area contributed by atoms with E-state index >= 15 is 0 Å². The van der Waals surface area contributed by atoms with Gasteiger partial charge in [-0.15, -0.1) is 0 Å². The second kappa shape index (κ2) is 8.94. The minimum absolute atomic E-state index is 0.415. The van der Waals surface area contributed by atoms with E-state index in [1.807, 2.05) is 19.1 Å². The van der Waals surface area contributed by atoms with E-state index in [1.165, 1.54) is 0 Å². The first kappa shape index (κ1) is 22.2. The van der Waals surface area contributed by atoms with E-state index in [-0.39, 0.29) is 0 Å². The van der Waals surface area contributed by atoms with Crippen molar-refractivity contribution in [2.45, 2.75) is 65.1 Å². The van der Waals surface area contributed by atoms with Crippen LogP contribution in [0.1, 0.15) is 54.0 Å². The van der Waals surface area contributed by atoms with Crippen LogP contribution >= 0.6 is 0 Å². The molecule has 150 valence electrons. The fourth-order valence-electron chi connectivity index (χ4n) is 5.27. The second-order valence-electron chi connectivity index (χ2n) is 8.54. The molecule has 28 heavy (non-hydrogen) atoms. The van der Waals surface area contributed by atoms with Gasteiger partial charge in [-0.25, -0.2) is 4.79 Å². The van der Waals surface area contributed by atoms with Gasteiger partial charge in [0.15, 0.2) is 0 Å². The predicted molar refractivity (Wildman–Crippen MR) is 124 cm³/mol. The first-order valence-electron chi connectivity index (χ1n) is 10.2. The Labute approximate surface area is 171 Å². The Morgan fingerprint density at radius 2 is 1.43 bits per heavy atom. The summed E-state index contributed by atoms with van der Waals surface area (Å²) in [6.07, 6.45) is 0. The van der Waals surface area contributed by atoms with Crippen LogP contribution in [0.2, 0.25) is 16.6 Å². The van der Waals surface area contributed by atoms with E-state index in [0.29, 0.717) is 16.6 Å². The van der Waals surface area contributed by atoms with Gasteiger partial charge in [0.2, 0.25) is 0 Å². The molecule has 0 aliphatic heterocycles. The van der Waals surface area contributed by atoms with E-state index in [4.69, 9.17) is 4.74 Å². The normalized spacial score (nSPS) is 13.1. The van der Waals surface area contributed by atoms with Gasteiger partial charge in [-0.05, 0) is 39.9 Å². The van der Waals surface area contributed by atoms with Crippen LogP contribution in [-0.2, 0) is 9.53 Å². The van der Waals surface area contributed by atoms with Gasteiger partial charge in [0, 0.05) is 10.8 Å². The van der Waals surface area contributed by atoms with Gasteiger partial charge in [-0.3, -0.25) is 0 Å². The quantitative estimate of drug-likeness (QED) is 0.215. The summed E-state index contributed by atoms with van der Waals surface area (Å²) < 4.78 is 5.73. The molecule has 3 heteroatoms. The predicted octanol–water partition coefficient (Wildman–Crippen LogP) is 7.19. The minimum atomic E-state index is -2.21. The molecule has 0 aliphatic rings. The summed E-state index contributed by atoms with van der Waals surface area (Å²) >= 11 is 0. The third kappa shape index (κ3) is 3.62. The number of methoxy groups -OCH3 is 1. The van der Waals surface area contributed by atoms with E-state index in [9.17, 15) is 4.79 Å². The average molecular weight is 395 g/mol. The molecule has 0 radical (unpaired) electrons. The Kier molecular flexibility index (Phi) is 7.09. The van der Waals surface area contributed by atoms with Crippen molar-refractivity contribution in [3.8, 4) is 0 Å².